The Hall–Kier alpha value is -2.57. The topological polar surface area (TPSA) is 78.9 Å². The zero-order valence-corrected chi connectivity index (χ0v) is 15.7. The van der Waals surface area contributed by atoms with Crippen LogP contribution in [0, 0.1) is 0 Å². The molecule has 0 bridgehead atoms. The minimum Gasteiger partial charge on any atom is -0.455 e. The molecule has 0 saturated heterocycles. The molecule has 156 valence electrons. The van der Waals surface area contributed by atoms with Gasteiger partial charge in [-0.3, -0.25) is 14.4 Å². The van der Waals surface area contributed by atoms with Crippen LogP contribution in [0.5, 0.6) is 0 Å². The van der Waals surface area contributed by atoms with E-state index in [4.69, 9.17) is 13.3 Å². The molecule has 0 fully saturated rings. The third-order valence-electron chi connectivity index (χ3n) is 2.97. The lowest BCUT2D eigenvalue weighted by Gasteiger charge is -2.26. The highest BCUT2D eigenvalue weighted by molar-refractivity contribution is 6.65. The fourth-order valence-electron chi connectivity index (χ4n) is 2.20. The van der Waals surface area contributed by atoms with E-state index in [2.05, 4.69) is 0 Å². The minimum absolute atomic E-state index is 0.101. The van der Waals surface area contributed by atoms with Crippen molar-refractivity contribution in [2.45, 2.75) is 39.2 Å². The summed E-state index contributed by atoms with van der Waals surface area (Å²) in [5.41, 5.74) is -3.92. The van der Waals surface area contributed by atoms with Gasteiger partial charge in [-0.25, -0.2) is 0 Å². The molecule has 0 N–H and O–H groups in total. The molecule has 1 aromatic rings. The summed E-state index contributed by atoms with van der Waals surface area (Å²) in [5, 5.41) is 0. The van der Waals surface area contributed by atoms with Crippen LogP contribution in [0.3, 0.4) is 0 Å². The van der Waals surface area contributed by atoms with Gasteiger partial charge in [0.05, 0.1) is 17.2 Å². The van der Waals surface area contributed by atoms with Gasteiger partial charge in [0.2, 0.25) is 0 Å². The van der Waals surface area contributed by atoms with Crippen molar-refractivity contribution in [1.29, 1.82) is 0 Å². The van der Waals surface area contributed by atoms with Crippen LogP contribution in [0.4, 0.5) is 26.3 Å². The molecule has 0 radical (unpaired) electrons. The van der Waals surface area contributed by atoms with E-state index in [1.54, 1.807) is 0 Å². The summed E-state index contributed by atoms with van der Waals surface area (Å²) >= 11 is 0. The molecule has 0 aliphatic carbocycles. The van der Waals surface area contributed by atoms with Crippen LogP contribution >= 0.6 is 0 Å². The SMILES string of the molecule is CC(=O)O[Si](Cc1cc(C(F)(F)F)cc(C(F)(F)F)c1)(OC(C)=O)OC(C)=O. The van der Waals surface area contributed by atoms with E-state index in [1.807, 2.05) is 0 Å². The lowest BCUT2D eigenvalue weighted by atomic mass is 10.1. The van der Waals surface area contributed by atoms with Gasteiger partial charge in [0.25, 0.3) is 17.9 Å². The number of carbonyl (C=O) groups excluding carboxylic acids is 3. The van der Waals surface area contributed by atoms with Gasteiger partial charge in [-0.05, 0) is 23.8 Å². The molecule has 0 aliphatic heterocycles. The van der Waals surface area contributed by atoms with E-state index in [9.17, 15) is 40.7 Å². The molecule has 0 heterocycles. The first-order chi connectivity index (χ1) is 12.5. The molecular weight excluding hydrogens is 418 g/mol. The number of carbonyl (C=O) groups is 3. The molecule has 28 heavy (non-hydrogen) atoms. The summed E-state index contributed by atoms with van der Waals surface area (Å²) in [6, 6.07) is -0.365. The molecule has 0 amide bonds. The summed E-state index contributed by atoms with van der Waals surface area (Å²) < 4.78 is 92.2. The highest BCUT2D eigenvalue weighted by Crippen LogP contribution is 2.37. The Morgan fingerprint density at radius 2 is 1.07 bits per heavy atom. The van der Waals surface area contributed by atoms with Crippen LogP contribution in [0.25, 0.3) is 0 Å². The zero-order chi connectivity index (χ0) is 21.9. The normalized spacial score (nSPS) is 12.3. The van der Waals surface area contributed by atoms with Gasteiger partial charge in [-0.15, -0.1) is 0 Å². The van der Waals surface area contributed by atoms with Crippen LogP contribution in [0.1, 0.15) is 37.5 Å². The average molecular weight is 432 g/mol. The Morgan fingerprint density at radius 3 is 1.32 bits per heavy atom. The molecular formula is C15H14F6O6Si. The molecule has 0 aliphatic rings. The standard InChI is InChI=1S/C15H14F6O6Si/c1-8(22)25-28(26-9(2)23,27-10(3)24)7-11-4-12(14(16,17)18)6-13(5-11)15(19,20)21/h4-6H,7H2,1-3H3. The number of hydrogen-bond donors (Lipinski definition) is 0. The van der Waals surface area contributed by atoms with E-state index in [0.717, 1.165) is 20.8 Å². The Bertz CT molecular complexity index is 700. The Labute approximate surface area is 155 Å². The number of benzene rings is 1. The van der Waals surface area contributed by atoms with Gasteiger partial charge in [-0.2, -0.15) is 26.3 Å². The van der Waals surface area contributed by atoms with Gasteiger partial charge in [0.1, 0.15) is 0 Å². The van der Waals surface area contributed by atoms with Gasteiger partial charge in [0.15, 0.2) is 0 Å². The first-order valence-corrected chi connectivity index (χ1v) is 9.34. The Morgan fingerprint density at radius 1 is 0.750 bits per heavy atom. The summed E-state index contributed by atoms with van der Waals surface area (Å²) in [6.45, 7) is 2.51. The van der Waals surface area contributed by atoms with Crippen LogP contribution < -0.4 is 0 Å². The average Bonchev–Trinajstić information content (AvgIpc) is 2.42. The van der Waals surface area contributed by atoms with E-state index < -0.39 is 61.8 Å². The molecule has 0 unspecified atom stereocenters. The monoisotopic (exact) mass is 432 g/mol. The lowest BCUT2D eigenvalue weighted by Crippen LogP contribution is -2.51. The Kier molecular flexibility index (Phi) is 6.87. The largest absolute Gasteiger partial charge is 0.709 e. The number of halogens is 6. The van der Waals surface area contributed by atoms with Crippen molar-refractivity contribution in [2.75, 3.05) is 0 Å². The molecule has 1 aromatic carbocycles. The number of alkyl halides is 6. The van der Waals surface area contributed by atoms with Crippen molar-refractivity contribution in [1.82, 2.24) is 0 Å². The van der Waals surface area contributed by atoms with E-state index in [1.165, 1.54) is 0 Å². The van der Waals surface area contributed by atoms with Crippen molar-refractivity contribution in [2.24, 2.45) is 0 Å². The van der Waals surface area contributed by atoms with E-state index in [0.29, 0.717) is 12.1 Å². The third kappa shape index (κ3) is 6.87. The Balaban J connectivity index is 3.57. The van der Waals surface area contributed by atoms with Gasteiger partial charge in [0, 0.05) is 20.8 Å². The fourth-order valence-corrected chi connectivity index (χ4v) is 4.56. The zero-order valence-electron chi connectivity index (χ0n) is 14.7. The number of rotatable bonds is 5. The fraction of sp³-hybridized carbons (Fsp3) is 0.400. The highest BCUT2D eigenvalue weighted by Gasteiger charge is 2.52. The van der Waals surface area contributed by atoms with Crippen molar-refractivity contribution >= 4 is 26.7 Å². The number of hydrogen-bond acceptors (Lipinski definition) is 6. The first-order valence-electron chi connectivity index (χ1n) is 7.41. The summed E-state index contributed by atoms with van der Waals surface area (Å²) in [7, 11) is -4.67. The molecule has 1 rings (SSSR count). The van der Waals surface area contributed by atoms with E-state index in [-0.39, 0.29) is 6.07 Å². The molecule has 0 atom stereocenters. The van der Waals surface area contributed by atoms with Gasteiger partial charge < -0.3 is 13.3 Å². The van der Waals surface area contributed by atoms with Gasteiger partial charge >= 0.3 is 21.2 Å². The first kappa shape index (κ1) is 23.5. The van der Waals surface area contributed by atoms with Crippen molar-refractivity contribution in [3.63, 3.8) is 0 Å². The van der Waals surface area contributed by atoms with Crippen LogP contribution in [-0.4, -0.2) is 26.7 Å². The molecule has 0 spiro atoms. The van der Waals surface area contributed by atoms with Crippen molar-refractivity contribution < 1.29 is 54.0 Å². The smallest absolute Gasteiger partial charge is 0.455 e. The lowest BCUT2D eigenvalue weighted by molar-refractivity contribution is -0.149. The second-order valence-electron chi connectivity index (χ2n) is 5.55. The van der Waals surface area contributed by atoms with Crippen LogP contribution in [0.15, 0.2) is 18.2 Å². The van der Waals surface area contributed by atoms with Gasteiger partial charge in [-0.1, -0.05) is 0 Å². The minimum atomic E-state index is -5.12. The summed E-state index contributed by atoms with van der Waals surface area (Å²) in [4.78, 5) is 34.0. The quantitative estimate of drug-likeness (QED) is 0.524. The van der Waals surface area contributed by atoms with Crippen molar-refractivity contribution in [3.8, 4) is 0 Å². The molecule has 0 aromatic heterocycles. The predicted molar refractivity (Wildman–Crippen MR) is 81.2 cm³/mol. The second kappa shape index (κ2) is 8.20. The van der Waals surface area contributed by atoms with Crippen LogP contribution in [0.2, 0.25) is 0 Å². The maximum Gasteiger partial charge on any atom is 0.709 e. The van der Waals surface area contributed by atoms with Crippen molar-refractivity contribution in [3.05, 3.63) is 34.9 Å². The summed E-state index contributed by atoms with van der Waals surface area (Å²) in [5.74, 6) is -3.34. The van der Waals surface area contributed by atoms with Crippen LogP contribution in [-0.2, 0) is 46.1 Å². The molecule has 13 heteroatoms. The predicted octanol–water partition coefficient (Wildman–Crippen LogP) is 3.43. The van der Waals surface area contributed by atoms with E-state index >= 15 is 0 Å². The highest BCUT2D eigenvalue weighted by atomic mass is 28.4. The molecule has 0 saturated carbocycles. The summed E-state index contributed by atoms with van der Waals surface area (Å²) in [6.07, 6.45) is -10.2. The maximum atomic E-state index is 13.0. The third-order valence-corrected chi connectivity index (χ3v) is 5.60. The maximum absolute atomic E-state index is 13.0. The second-order valence-corrected chi connectivity index (χ2v) is 7.89. The molecule has 6 nitrogen and oxygen atoms in total.